The molecule has 1 saturated heterocycles. The van der Waals surface area contributed by atoms with Crippen LogP contribution >= 0.6 is 0 Å². The summed E-state index contributed by atoms with van der Waals surface area (Å²) in [4.78, 5) is 94.8. The number of amides is 3. The molecule has 6 saturated carbocycles. The SMILES string of the molecule is CC(CCC(=O)NCCNc1ccc([N+](=O)[O-])cc1[N+](=O)[O-])[C@H]1CC[C@H]2[C@@H]3CC=C4C[C@@H](O)CC[C@]4(C)[C@H]3CC[C@]12C.CC(CCC(=O)ON1C(=O)CCC1=O)[C@H]1CC[C@H]2[C@@H]3CC=C4C[C@@H](O)CC[C@]4(C)[C@H]3CC[C@]12C.NCCNc1ccc(N=O)cc1[N+](=O)[O-].[2H]CF. The second-order valence-corrected chi connectivity index (χ2v) is 29.1. The molecule has 11 rings (SSSR count). The summed E-state index contributed by atoms with van der Waals surface area (Å²) >= 11 is 0. The first-order valence-electron chi connectivity index (χ1n) is 34.5. The molecule has 93 heavy (non-hydrogen) atoms. The van der Waals surface area contributed by atoms with Crippen molar-refractivity contribution in [2.45, 2.75) is 195 Å². The van der Waals surface area contributed by atoms with E-state index in [0.717, 1.165) is 112 Å². The van der Waals surface area contributed by atoms with Gasteiger partial charge in [0.1, 0.15) is 17.1 Å². The van der Waals surface area contributed by atoms with Crippen LogP contribution in [0.1, 0.15) is 184 Å². The van der Waals surface area contributed by atoms with E-state index in [4.69, 9.17) is 11.9 Å². The van der Waals surface area contributed by atoms with Crippen molar-refractivity contribution in [2.75, 3.05) is 44.0 Å². The van der Waals surface area contributed by atoms with Gasteiger partial charge >= 0.3 is 5.97 Å². The zero-order chi connectivity index (χ0) is 68.5. The normalized spacial score (nSPS) is 32.8. The maximum atomic E-state index is 12.7. The van der Waals surface area contributed by atoms with Crippen molar-refractivity contribution in [3.63, 3.8) is 0 Å². The maximum absolute atomic E-state index is 12.7. The molecule has 0 spiro atoms. The summed E-state index contributed by atoms with van der Waals surface area (Å²) in [6.07, 6.45) is 25.4. The van der Waals surface area contributed by atoms with Gasteiger partial charge in [0.2, 0.25) is 5.91 Å². The van der Waals surface area contributed by atoms with E-state index in [2.05, 4.69) is 74.8 Å². The first-order chi connectivity index (χ1) is 44.7. The molecular formula is C69H100FN9O14. The fraction of sp³-hybridized carbons (Fsp3) is 0.710. The molecular weight excluding hydrogens is 1200 g/mol. The number of hydrogen-bond acceptors (Lipinski definition) is 18. The fourth-order valence-corrected chi connectivity index (χ4v) is 19.7. The molecule has 512 valence electrons. The van der Waals surface area contributed by atoms with Gasteiger partial charge in [0, 0.05) is 64.0 Å². The summed E-state index contributed by atoms with van der Waals surface area (Å²) in [7, 11) is -1.00. The predicted molar refractivity (Wildman–Crippen MR) is 351 cm³/mol. The van der Waals surface area contributed by atoms with E-state index in [0.29, 0.717) is 71.3 Å². The van der Waals surface area contributed by atoms with Crippen LogP contribution in [0.3, 0.4) is 0 Å². The Morgan fingerprint density at radius 3 is 1.67 bits per heavy atom. The van der Waals surface area contributed by atoms with Gasteiger partial charge in [0.15, 0.2) is 0 Å². The number of nitro groups is 3. The highest BCUT2D eigenvalue weighted by Gasteiger charge is 2.61. The van der Waals surface area contributed by atoms with Gasteiger partial charge in [-0.15, -0.1) is 9.97 Å². The Kier molecular flexibility index (Phi) is 23.3. The van der Waals surface area contributed by atoms with E-state index in [9.17, 15) is 69.0 Å². The molecule has 0 radical (unpaired) electrons. The molecule has 23 nitrogen and oxygen atoms in total. The molecule has 1 heterocycles. The van der Waals surface area contributed by atoms with Gasteiger partial charge in [-0.3, -0.25) is 49.1 Å². The lowest BCUT2D eigenvalue weighted by atomic mass is 9.47. The summed E-state index contributed by atoms with van der Waals surface area (Å²) in [5, 5.41) is 65.3. The number of aliphatic hydroxyl groups excluding tert-OH is 2. The van der Waals surface area contributed by atoms with Crippen molar-refractivity contribution in [2.24, 2.45) is 91.7 Å². The monoisotopic (exact) mass is 1300 g/mol. The molecule has 7 N–H and O–H groups in total. The number of imide groups is 1. The topological polar surface area (TPSA) is 342 Å². The minimum atomic E-state index is -1.00. The minimum Gasteiger partial charge on any atom is -0.393 e. The number of nitrogens with zero attached hydrogens (tertiary/aromatic N) is 5. The Morgan fingerprint density at radius 1 is 0.699 bits per heavy atom. The van der Waals surface area contributed by atoms with E-state index < -0.39 is 39.7 Å². The first kappa shape index (κ1) is 70.5. The third-order valence-corrected chi connectivity index (χ3v) is 24.4. The molecule has 1 aliphatic heterocycles. The number of nitrogens with two attached hydrogens (primary N) is 1. The molecule has 3 amide bonds. The molecule has 0 aromatic heterocycles. The number of nitroso groups, excluding NO2 is 1. The third-order valence-electron chi connectivity index (χ3n) is 24.4. The van der Waals surface area contributed by atoms with Crippen molar-refractivity contribution < 1.29 is 54.8 Å². The van der Waals surface area contributed by atoms with Gasteiger partial charge in [-0.05, 0) is 220 Å². The van der Waals surface area contributed by atoms with Gasteiger partial charge in [-0.25, -0.2) is 4.79 Å². The number of carbonyl (C=O) groups excluding carboxylic acids is 4. The maximum Gasteiger partial charge on any atom is 0.333 e. The second kappa shape index (κ2) is 30.7. The van der Waals surface area contributed by atoms with Crippen LogP contribution in [0.4, 0.5) is 38.5 Å². The number of benzene rings is 2. The Morgan fingerprint density at radius 2 is 1.18 bits per heavy atom. The van der Waals surface area contributed by atoms with Gasteiger partial charge in [-0.2, -0.15) is 0 Å². The number of anilines is 2. The molecule has 2 aromatic rings. The number of carbonyl (C=O) groups is 4. The third kappa shape index (κ3) is 15.5. The van der Waals surface area contributed by atoms with Crippen LogP contribution in [0.25, 0.3) is 0 Å². The zero-order valence-electron chi connectivity index (χ0n) is 56.1. The van der Waals surface area contributed by atoms with E-state index >= 15 is 0 Å². The van der Waals surface area contributed by atoms with E-state index in [1.807, 2.05) is 0 Å². The van der Waals surface area contributed by atoms with Crippen LogP contribution in [-0.2, 0) is 24.0 Å². The summed E-state index contributed by atoms with van der Waals surface area (Å²) in [6, 6.07) is 7.44. The Bertz CT molecular complexity index is 3160. The molecule has 2 aromatic carbocycles. The van der Waals surface area contributed by atoms with Gasteiger partial charge in [-0.1, -0.05) is 64.8 Å². The molecule has 9 aliphatic rings. The lowest BCUT2D eigenvalue weighted by molar-refractivity contribution is -0.393. The van der Waals surface area contributed by atoms with Crippen LogP contribution in [0.15, 0.2) is 64.9 Å². The number of nitro benzene ring substituents is 3. The molecule has 2 unspecified atom stereocenters. The summed E-state index contributed by atoms with van der Waals surface area (Å²) < 4.78 is 15.5. The van der Waals surface area contributed by atoms with E-state index in [1.54, 1.807) is 0 Å². The van der Waals surface area contributed by atoms with Gasteiger partial charge in [0.05, 0.1) is 41.6 Å². The highest BCUT2D eigenvalue weighted by Crippen LogP contribution is 2.69. The van der Waals surface area contributed by atoms with Crippen molar-refractivity contribution >= 4 is 57.8 Å². The Balaban J connectivity index is 0.000000194. The molecule has 16 atom stereocenters. The summed E-state index contributed by atoms with van der Waals surface area (Å²) in [5.74, 6) is 5.11. The van der Waals surface area contributed by atoms with Crippen molar-refractivity contribution in [3.05, 3.63) is 94.9 Å². The average molecular weight is 1300 g/mol. The number of nitrogens with one attached hydrogen (secondary N) is 3. The van der Waals surface area contributed by atoms with Crippen LogP contribution in [-0.4, -0.2) is 99.3 Å². The number of rotatable bonds is 20. The van der Waals surface area contributed by atoms with Crippen LogP contribution < -0.4 is 21.7 Å². The van der Waals surface area contributed by atoms with Gasteiger partial charge in [0.25, 0.3) is 28.9 Å². The number of hydrogen-bond donors (Lipinski definition) is 6. The number of non-ortho nitro benzene ring substituents is 1. The van der Waals surface area contributed by atoms with Crippen LogP contribution in [0.2, 0.25) is 0 Å². The number of fused-ring (bicyclic) bond motifs is 10. The van der Waals surface area contributed by atoms with E-state index in [1.165, 1.54) is 86.8 Å². The minimum absolute atomic E-state index is 0.0254. The van der Waals surface area contributed by atoms with Crippen molar-refractivity contribution in [1.82, 2.24) is 10.4 Å². The van der Waals surface area contributed by atoms with E-state index in [-0.39, 0.29) is 83.2 Å². The smallest absolute Gasteiger partial charge is 0.333 e. The second-order valence-electron chi connectivity index (χ2n) is 29.1. The number of halogens is 1. The lowest BCUT2D eigenvalue weighted by Gasteiger charge is -2.58. The number of allylic oxidation sites excluding steroid dienone is 2. The fourth-order valence-electron chi connectivity index (χ4n) is 19.7. The highest BCUT2D eigenvalue weighted by atomic mass is 19.1. The standard InChI is InChI=1S/C32H46N4O6.C28H41NO5.C8H10N4O3.CH3F/c1-20(4-11-30(38)34-17-16-33-28-10-6-22(35(39)40)19-29(28)36(41)42)25-8-9-26-24-7-5-21-18-23(37)12-14-31(21,2)27(24)13-15-32(25,26)3;1-17(4-11-26(33)34-29-24(31)9-10-25(29)32)21-7-8-22-20-6-5-18-16-19(30)12-14-27(18,2)23(20)13-15-28(21,22)3;9-3-4-10-7-2-1-6(11-13)5-8(7)12(14)15;1-2/h5-6,10,19-20,23-27,33,37H,4,7-9,11-18H2,1-3H3,(H,34,38);5,17,19-23,30H,4,6-16H2,1-3H3;1-2,5,10H,3-4,9H2;1H3/t20?,23-,24-,25+,26-,27-,31-,32+;17?,19-,20-,21+,22-,23-,27-,28+;;/m00../s1/i;;;1D. The Hall–Kier alpha value is -6.79. The first-order valence-corrected chi connectivity index (χ1v) is 33.8. The van der Waals surface area contributed by atoms with Gasteiger partial charge < -0.3 is 36.7 Å². The van der Waals surface area contributed by atoms with Crippen molar-refractivity contribution in [3.8, 4) is 0 Å². The van der Waals surface area contributed by atoms with Crippen molar-refractivity contribution in [1.29, 1.82) is 0 Å². The molecule has 24 heteroatoms. The quantitative estimate of drug-likeness (QED) is 0.0179. The number of alkyl halides is 1. The highest BCUT2D eigenvalue weighted by molar-refractivity contribution is 6.01. The Labute approximate surface area is 546 Å². The largest absolute Gasteiger partial charge is 0.393 e. The van der Waals surface area contributed by atoms with Crippen LogP contribution in [0.5, 0.6) is 0 Å². The zero-order valence-corrected chi connectivity index (χ0v) is 55.1. The molecule has 7 fully saturated rings. The average Bonchev–Trinajstić information content (AvgIpc) is 1.38. The molecule has 0 bridgehead atoms. The predicted octanol–water partition coefficient (Wildman–Crippen LogP) is 13.3. The summed E-state index contributed by atoms with van der Waals surface area (Å²) in [5.41, 5.74) is 9.10. The lowest BCUT2D eigenvalue weighted by Crippen LogP contribution is -2.50. The molecule has 8 aliphatic carbocycles. The van der Waals surface area contributed by atoms with Crippen LogP contribution in [0, 0.1) is 116 Å². The number of aliphatic hydroxyl groups is 2. The number of hydroxylamine groups is 2. The summed E-state index contributed by atoms with van der Waals surface area (Å²) in [6.45, 7) is 15.9.